The molecular weight excluding hydrogens is 248 g/mol. The lowest BCUT2D eigenvalue weighted by Crippen LogP contribution is -2.31. The lowest BCUT2D eigenvalue weighted by molar-refractivity contribution is -0.127. The van der Waals surface area contributed by atoms with E-state index >= 15 is 0 Å². The average molecular weight is 263 g/mol. The van der Waals surface area contributed by atoms with Crippen LogP contribution >= 0.6 is 15.9 Å². The van der Waals surface area contributed by atoms with Crippen LogP contribution in [0.25, 0.3) is 0 Å². The van der Waals surface area contributed by atoms with E-state index in [1.165, 1.54) is 0 Å². The lowest BCUT2D eigenvalue weighted by Gasteiger charge is -2.14. The zero-order valence-electron chi connectivity index (χ0n) is 8.09. The zero-order valence-corrected chi connectivity index (χ0v) is 9.68. The molecule has 1 saturated heterocycles. The van der Waals surface area contributed by atoms with Crippen LogP contribution < -0.4 is 5.32 Å². The number of rotatable bonds is 5. The van der Waals surface area contributed by atoms with Gasteiger partial charge in [0.2, 0.25) is 11.8 Å². The number of likely N-dealkylation sites (tertiary alicyclic amines) is 1. The number of nitrogens with one attached hydrogen (secondary N) is 1. The molecule has 0 aromatic carbocycles. The van der Waals surface area contributed by atoms with Crippen molar-refractivity contribution in [1.82, 2.24) is 10.2 Å². The third-order valence-electron chi connectivity index (χ3n) is 2.22. The monoisotopic (exact) mass is 262 g/mol. The Balaban J connectivity index is 2.03. The van der Waals surface area contributed by atoms with Crippen molar-refractivity contribution in [3.05, 3.63) is 0 Å². The fraction of sp³-hybridized carbons (Fsp3) is 0.778. The maximum absolute atomic E-state index is 11.2. The largest absolute Gasteiger partial charge is 0.355 e. The molecule has 80 valence electrons. The Morgan fingerprint density at radius 1 is 1.57 bits per heavy atom. The minimum absolute atomic E-state index is 0.00208. The van der Waals surface area contributed by atoms with Crippen molar-refractivity contribution in [3.8, 4) is 0 Å². The summed E-state index contributed by atoms with van der Waals surface area (Å²) >= 11 is 3.07. The molecule has 4 nitrogen and oxygen atoms in total. The number of carbonyl (C=O) groups is 2. The van der Waals surface area contributed by atoms with Gasteiger partial charge in [-0.25, -0.2) is 0 Å². The van der Waals surface area contributed by atoms with Gasteiger partial charge >= 0.3 is 0 Å². The van der Waals surface area contributed by atoms with E-state index in [2.05, 4.69) is 21.2 Å². The van der Waals surface area contributed by atoms with Gasteiger partial charge in [0, 0.05) is 26.1 Å². The quantitative estimate of drug-likeness (QED) is 0.580. The molecule has 0 radical (unpaired) electrons. The van der Waals surface area contributed by atoms with Gasteiger partial charge in [0.15, 0.2) is 0 Å². The van der Waals surface area contributed by atoms with E-state index in [-0.39, 0.29) is 11.8 Å². The van der Waals surface area contributed by atoms with Gasteiger partial charge in [0.05, 0.1) is 5.33 Å². The normalized spacial score (nSPS) is 16.1. The molecule has 0 unspecified atom stereocenters. The molecule has 1 N–H and O–H groups in total. The number of halogens is 1. The van der Waals surface area contributed by atoms with Crippen LogP contribution in [0.2, 0.25) is 0 Å². The molecule has 0 atom stereocenters. The number of hydrogen-bond acceptors (Lipinski definition) is 2. The van der Waals surface area contributed by atoms with Gasteiger partial charge in [-0.15, -0.1) is 0 Å². The van der Waals surface area contributed by atoms with Crippen LogP contribution in [0.4, 0.5) is 0 Å². The molecule has 5 heteroatoms. The summed E-state index contributed by atoms with van der Waals surface area (Å²) in [5.74, 6) is 0.245. The zero-order chi connectivity index (χ0) is 10.4. The first-order valence-electron chi connectivity index (χ1n) is 4.84. The number of hydrogen-bond donors (Lipinski definition) is 1. The van der Waals surface area contributed by atoms with Crippen molar-refractivity contribution in [2.24, 2.45) is 0 Å². The van der Waals surface area contributed by atoms with Gasteiger partial charge in [0.1, 0.15) is 0 Å². The third-order valence-corrected chi connectivity index (χ3v) is 2.73. The lowest BCUT2D eigenvalue weighted by atomic mass is 10.4. The van der Waals surface area contributed by atoms with Crippen LogP contribution in [0.5, 0.6) is 0 Å². The topological polar surface area (TPSA) is 49.4 Å². The molecule has 0 aromatic rings. The predicted molar refractivity (Wildman–Crippen MR) is 57.2 cm³/mol. The summed E-state index contributed by atoms with van der Waals surface area (Å²) in [7, 11) is 0. The van der Waals surface area contributed by atoms with E-state index in [9.17, 15) is 9.59 Å². The van der Waals surface area contributed by atoms with Crippen molar-refractivity contribution < 1.29 is 9.59 Å². The minimum atomic E-state index is -0.00208. The van der Waals surface area contributed by atoms with Gasteiger partial charge in [0.25, 0.3) is 0 Å². The first kappa shape index (κ1) is 11.5. The number of alkyl halides is 1. The summed E-state index contributed by atoms with van der Waals surface area (Å²) in [6.45, 7) is 2.29. The van der Waals surface area contributed by atoms with E-state index in [4.69, 9.17) is 0 Å². The second kappa shape index (κ2) is 6.01. The maximum atomic E-state index is 11.2. The first-order valence-corrected chi connectivity index (χ1v) is 5.96. The summed E-state index contributed by atoms with van der Waals surface area (Å²) in [5.41, 5.74) is 0. The van der Waals surface area contributed by atoms with Crippen molar-refractivity contribution in [3.63, 3.8) is 0 Å². The fourth-order valence-corrected chi connectivity index (χ4v) is 1.68. The van der Waals surface area contributed by atoms with Crippen LogP contribution in [0.15, 0.2) is 0 Å². The summed E-state index contributed by atoms with van der Waals surface area (Å²) in [4.78, 5) is 23.9. The Hall–Kier alpha value is -0.580. The Kier molecular flexibility index (Phi) is 4.93. The summed E-state index contributed by atoms with van der Waals surface area (Å²) in [5, 5.41) is 3.09. The van der Waals surface area contributed by atoms with Crippen molar-refractivity contribution in [2.45, 2.75) is 19.3 Å². The second-order valence-corrected chi connectivity index (χ2v) is 3.88. The minimum Gasteiger partial charge on any atom is -0.355 e. The summed E-state index contributed by atoms with van der Waals surface area (Å²) < 4.78 is 0. The molecule has 1 fully saturated rings. The first-order chi connectivity index (χ1) is 6.74. The fourth-order valence-electron chi connectivity index (χ4n) is 1.49. The standard InChI is InChI=1S/C9H15BrN2O2/c10-7-8(13)11-4-2-6-12-5-1-3-9(12)14/h1-7H2,(H,11,13). The average Bonchev–Trinajstić information content (AvgIpc) is 2.58. The number of carbonyl (C=O) groups excluding carboxylic acids is 2. The summed E-state index contributed by atoms with van der Waals surface area (Å²) in [6.07, 6.45) is 2.50. The Bertz CT molecular complexity index is 221. The molecule has 1 rings (SSSR count). The molecule has 1 aliphatic heterocycles. The highest BCUT2D eigenvalue weighted by Gasteiger charge is 2.18. The van der Waals surface area contributed by atoms with Crippen LogP contribution in [-0.4, -0.2) is 41.7 Å². The highest BCUT2D eigenvalue weighted by Crippen LogP contribution is 2.09. The number of nitrogens with zero attached hydrogens (tertiary/aromatic N) is 1. The summed E-state index contributed by atoms with van der Waals surface area (Å²) in [6, 6.07) is 0. The Morgan fingerprint density at radius 3 is 2.93 bits per heavy atom. The Labute approximate surface area is 92.2 Å². The third kappa shape index (κ3) is 3.65. The van der Waals surface area contributed by atoms with Crippen LogP contribution in [0.1, 0.15) is 19.3 Å². The molecule has 14 heavy (non-hydrogen) atoms. The molecule has 1 aliphatic rings. The second-order valence-electron chi connectivity index (χ2n) is 3.32. The molecule has 0 spiro atoms. The van der Waals surface area contributed by atoms with E-state index in [0.29, 0.717) is 18.3 Å². The van der Waals surface area contributed by atoms with Gasteiger partial charge in [-0.3, -0.25) is 9.59 Å². The van der Waals surface area contributed by atoms with E-state index < -0.39 is 0 Å². The van der Waals surface area contributed by atoms with E-state index in [0.717, 1.165) is 25.9 Å². The van der Waals surface area contributed by atoms with Gasteiger partial charge < -0.3 is 10.2 Å². The van der Waals surface area contributed by atoms with Crippen LogP contribution in [0, 0.1) is 0 Å². The van der Waals surface area contributed by atoms with E-state index in [1.54, 1.807) is 0 Å². The van der Waals surface area contributed by atoms with Gasteiger partial charge in [-0.2, -0.15) is 0 Å². The van der Waals surface area contributed by atoms with Crippen molar-refractivity contribution in [1.29, 1.82) is 0 Å². The SMILES string of the molecule is O=C(CBr)NCCCN1CCCC1=O. The van der Waals surface area contributed by atoms with Gasteiger partial charge in [-0.05, 0) is 12.8 Å². The van der Waals surface area contributed by atoms with Crippen LogP contribution in [-0.2, 0) is 9.59 Å². The molecule has 0 saturated carbocycles. The van der Waals surface area contributed by atoms with E-state index in [1.807, 2.05) is 4.90 Å². The van der Waals surface area contributed by atoms with Crippen molar-refractivity contribution in [2.75, 3.05) is 25.0 Å². The number of amides is 2. The van der Waals surface area contributed by atoms with Gasteiger partial charge in [-0.1, -0.05) is 15.9 Å². The molecule has 2 amide bonds. The van der Waals surface area contributed by atoms with Crippen LogP contribution in [0.3, 0.4) is 0 Å². The highest BCUT2D eigenvalue weighted by molar-refractivity contribution is 9.09. The highest BCUT2D eigenvalue weighted by atomic mass is 79.9. The Morgan fingerprint density at radius 2 is 2.36 bits per heavy atom. The van der Waals surface area contributed by atoms with Crippen molar-refractivity contribution >= 4 is 27.7 Å². The molecular formula is C9H15BrN2O2. The molecule has 1 heterocycles. The maximum Gasteiger partial charge on any atom is 0.230 e. The smallest absolute Gasteiger partial charge is 0.230 e. The predicted octanol–water partition coefficient (Wildman–Crippen LogP) is 0.510. The molecule has 0 bridgehead atoms. The molecule has 0 aliphatic carbocycles. The molecule has 0 aromatic heterocycles.